The fraction of sp³-hybridized carbons (Fsp3) is 0.619. The van der Waals surface area contributed by atoms with Crippen LogP contribution in [0.5, 0.6) is 0 Å². The summed E-state index contributed by atoms with van der Waals surface area (Å²) in [5.41, 5.74) is 0. The van der Waals surface area contributed by atoms with Gasteiger partial charge in [-0.3, -0.25) is 39.6 Å². The van der Waals surface area contributed by atoms with E-state index in [4.69, 9.17) is 20.6 Å². The Labute approximate surface area is 200 Å². The van der Waals surface area contributed by atoms with Crippen molar-refractivity contribution in [3.63, 3.8) is 0 Å². The van der Waals surface area contributed by atoms with Crippen LogP contribution in [0.1, 0.15) is 34.1 Å². The summed E-state index contributed by atoms with van der Waals surface area (Å²) in [5.74, 6) is -0.702. The number of hydrogen-bond acceptors (Lipinski definition) is 9. The van der Waals surface area contributed by atoms with Gasteiger partial charge in [-0.1, -0.05) is 12.8 Å². The van der Waals surface area contributed by atoms with Gasteiger partial charge in [0, 0.05) is 20.8 Å². The van der Waals surface area contributed by atoms with E-state index in [1.54, 1.807) is 6.92 Å². The monoisotopic (exact) mass is 495 g/mol. The topological polar surface area (TPSA) is 156 Å². The molecule has 0 aliphatic carbocycles. The number of guanidine groups is 1. The van der Waals surface area contributed by atoms with Gasteiger partial charge in [-0.2, -0.15) is 0 Å². The molecule has 3 aliphatic heterocycles. The highest BCUT2D eigenvalue weighted by Crippen LogP contribution is 2.38. The van der Waals surface area contributed by atoms with Crippen LogP contribution in [-0.2, 0) is 33.4 Å². The van der Waals surface area contributed by atoms with Gasteiger partial charge in [-0.25, -0.2) is 14.2 Å². The highest BCUT2D eigenvalue weighted by Gasteiger charge is 2.61. The van der Waals surface area contributed by atoms with Crippen molar-refractivity contribution in [2.75, 3.05) is 6.54 Å². The van der Waals surface area contributed by atoms with Crippen molar-refractivity contribution in [3.05, 3.63) is 0 Å². The molecule has 2 fully saturated rings. The van der Waals surface area contributed by atoms with Gasteiger partial charge >= 0.3 is 18.0 Å². The Morgan fingerprint density at radius 3 is 2.51 bits per heavy atom. The number of carbonyl (C=O) groups excluding carboxylic acids is 5. The molecule has 7 atom stereocenters. The molecule has 0 saturated carbocycles. The largest absolute Gasteiger partial charge is 0.460 e. The van der Waals surface area contributed by atoms with Crippen LogP contribution in [0.3, 0.4) is 0 Å². The number of aliphatic imine (C=N–C) groups is 1. The maximum Gasteiger partial charge on any atom is 0.325 e. The number of nitrogens with zero attached hydrogens (tertiary/aromatic N) is 3. The first-order valence-corrected chi connectivity index (χ1v) is 10.8. The van der Waals surface area contributed by atoms with Gasteiger partial charge in [0.25, 0.3) is 5.91 Å². The summed E-state index contributed by atoms with van der Waals surface area (Å²) in [5, 5.41) is 4.71. The van der Waals surface area contributed by atoms with Crippen molar-refractivity contribution in [1.82, 2.24) is 20.4 Å². The standard InChI is InChI=1S/C21H26FN5O8/c1-6-8-26-14-17(24-20(23-9(3)28)25-18(14)31)27(21(26)32)19-16(34-11(5)30)13(22)15(35-19)12(7-2)33-10(4)29/h1,12-17,19H,7-8H2,2-5H3,(H2,23,24,25,28,31)/t12-,13-,14?,15+,16+,17?,19+/m0/s1. The fourth-order valence-electron chi connectivity index (χ4n) is 4.30. The van der Waals surface area contributed by atoms with E-state index < -0.39 is 72.7 Å². The fourth-order valence-corrected chi connectivity index (χ4v) is 4.30. The van der Waals surface area contributed by atoms with Gasteiger partial charge in [0.05, 0.1) is 6.54 Å². The minimum atomic E-state index is -1.99. The zero-order valence-electron chi connectivity index (χ0n) is 19.5. The van der Waals surface area contributed by atoms with Gasteiger partial charge in [-0.15, -0.1) is 6.42 Å². The molecule has 2 N–H and O–H groups in total. The maximum absolute atomic E-state index is 15.6. The van der Waals surface area contributed by atoms with Crippen LogP contribution in [0.15, 0.2) is 4.99 Å². The summed E-state index contributed by atoms with van der Waals surface area (Å²) in [7, 11) is 0. The number of esters is 2. The van der Waals surface area contributed by atoms with Crippen LogP contribution >= 0.6 is 0 Å². The second-order valence-corrected chi connectivity index (χ2v) is 8.09. The van der Waals surface area contributed by atoms with E-state index in [1.807, 2.05) is 0 Å². The summed E-state index contributed by atoms with van der Waals surface area (Å²) < 4.78 is 31.7. The number of carbonyl (C=O) groups is 5. The quantitative estimate of drug-likeness (QED) is 0.352. The van der Waals surface area contributed by atoms with Gasteiger partial charge < -0.3 is 14.2 Å². The Morgan fingerprint density at radius 2 is 1.97 bits per heavy atom. The molecular weight excluding hydrogens is 469 g/mol. The van der Waals surface area contributed by atoms with Crippen LogP contribution in [0.25, 0.3) is 0 Å². The molecule has 3 aliphatic rings. The van der Waals surface area contributed by atoms with Gasteiger partial charge in [0.2, 0.25) is 11.9 Å². The number of nitrogens with one attached hydrogen (secondary N) is 2. The van der Waals surface area contributed by atoms with E-state index in [0.29, 0.717) is 0 Å². The number of terminal acetylenes is 1. The number of alkyl halides is 1. The summed E-state index contributed by atoms with van der Waals surface area (Å²) in [6.45, 7) is 4.75. The predicted octanol–water partition coefficient (Wildman–Crippen LogP) is -0.990. The highest BCUT2D eigenvalue weighted by molar-refractivity contribution is 6.08. The Bertz CT molecular complexity index is 997. The number of amides is 4. The van der Waals surface area contributed by atoms with E-state index >= 15 is 4.39 Å². The van der Waals surface area contributed by atoms with Crippen LogP contribution in [0.4, 0.5) is 9.18 Å². The lowest BCUT2D eigenvalue weighted by Crippen LogP contribution is -2.59. The molecule has 13 nitrogen and oxygen atoms in total. The molecule has 0 aromatic heterocycles. The average molecular weight is 495 g/mol. The lowest BCUT2D eigenvalue weighted by Gasteiger charge is -2.33. The number of ether oxygens (including phenoxy) is 3. The molecule has 0 aromatic carbocycles. The summed E-state index contributed by atoms with van der Waals surface area (Å²) in [4.78, 5) is 67.2. The zero-order valence-corrected chi connectivity index (χ0v) is 19.5. The zero-order chi connectivity index (χ0) is 26.0. The molecule has 4 amide bonds. The van der Waals surface area contributed by atoms with Gasteiger partial charge in [-0.05, 0) is 6.42 Å². The molecule has 0 spiro atoms. The smallest absolute Gasteiger partial charge is 0.325 e. The van der Waals surface area contributed by atoms with Crippen molar-refractivity contribution < 1.29 is 42.6 Å². The second-order valence-electron chi connectivity index (χ2n) is 8.09. The first-order chi connectivity index (χ1) is 16.5. The van der Waals surface area contributed by atoms with E-state index in [0.717, 1.165) is 23.6 Å². The second kappa shape index (κ2) is 10.3. The SMILES string of the molecule is C#CCN1C(=O)N([C@@H]2O[C@H]([C@H](CC)OC(C)=O)[C@H](F)[C@H]2OC(C)=O)C2N=C(NC(C)=O)NC(=O)C21. The Morgan fingerprint density at radius 1 is 1.29 bits per heavy atom. The van der Waals surface area contributed by atoms with Crippen molar-refractivity contribution in [3.8, 4) is 12.3 Å². The molecule has 0 bridgehead atoms. The molecule has 2 saturated heterocycles. The molecular formula is C21H26FN5O8. The van der Waals surface area contributed by atoms with Crippen molar-refractivity contribution >= 4 is 35.7 Å². The van der Waals surface area contributed by atoms with Crippen LogP contribution in [-0.4, -0.2) is 95.0 Å². The third-order valence-corrected chi connectivity index (χ3v) is 5.57. The van der Waals surface area contributed by atoms with Crippen LogP contribution in [0.2, 0.25) is 0 Å². The lowest BCUT2D eigenvalue weighted by atomic mass is 10.0. The van der Waals surface area contributed by atoms with Gasteiger partial charge in [0.15, 0.2) is 30.7 Å². The molecule has 35 heavy (non-hydrogen) atoms. The third kappa shape index (κ3) is 5.04. The number of halogens is 1. The maximum atomic E-state index is 15.6. The first kappa shape index (κ1) is 25.9. The number of fused-ring (bicyclic) bond motifs is 1. The average Bonchev–Trinajstić information content (AvgIpc) is 3.20. The molecule has 3 rings (SSSR count). The first-order valence-electron chi connectivity index (χ1n) is 10.8. The van der Waals surface area contributed by atoms with E-state index in [9.17, 15) is 24.0 Å². The Balaban J connectivity index is 2.05. The van der Waals surface area contributed by atoms with Crippen molar-refractivity contribution in [1.29, 1.82) is 0 Å². The molecule has 3 heterocycles. The predicted molar refractivity (Wildman–Crippen MR) is 115 cm³/mol. The third-order valence-electron chi connectivity index (χ3n) is 5.57. The van der Waals surface area contributed by atoms with Crippen LogP contribution < -0.4 is 10.6 Å². The number of rotatable bonds is 6. The molecule has 2 unspecified atom stereocenters. The molecule has 190 valence electrons. The van der Waals surface area contributed by atoms with Crippen molar-refractivity contribution in [2.45, 2.75) is 77.0 Å². The van der Waals surface area contributed by atoms with E-state index in [1.165, 1.54) is 6.92 Å². The normalized spacial score (nSPS) is 30.6. The number of hydrogen-bond donors (Lipinski definition) is 2. The van der Waals surface area contributed by atoms with Crippen molar-refractivity contribution in [2.24, 2.45) is 4.99 Å². The Kier molecular flexibility index (Phi) is 7.59. The molecule has 0 aromatic rings. The summed E-state index contributed by atoms with van der Waals surface area (Å²) >= 11 is 0. The van der Waals surface area contributed by atoms with E-state index in [-0.39, 0.29) is 18.9 Å². The number of urea groups is 1. The minimum Gasteiger partial charge on any atom is -0.460 e. The van der Waals surface area contributed by atoms with Gasteiger partial charge in [0.1, 0.15) is 12.2 Å². The van der Waals surface area contributed by atoms with E-state index in [2.05, 4.69) is 21.5 Å². The lowest BCUT2D eigenvalue weighted by molar-refractivity contribution is -0.163. The summed E-state index contributed by atoms with van der Waals surface area (Å²) in [6.07, 6.45) is -3.34. The molecule has 14 heteroatoms. The summed E-state index contributed by atoms with van der Waals surface area (Å²) in [6, 6.07) is -2.05. The highest BCUT2D eigenvalue weighted by atomic mass is 19.1. The van der Waals surface area contributed by atoms with Crippen LogP contribution in [0, 0.1) is 12.3 Å². The Hall–Kier alpha value is -3.73. The molecule has 0 radical (unpaired) electrons. The minimum absolute atomic E-state index is 0.167.